The maximum atomic E-state index is 12.2. The number of hydrogen-bond acceptors (Lipinski definition) is 3. The van der Waals surface area contributed by atoms with E-state index in [9.17, 15) is 4.79 Å². The lowest BCUT2D eigenvalue weighted by atomic mass is 9.97. The summed E-state index contributed by atoms with van der Waals surface area (Å²) in [5.41, 5.74) is 1.24. The normalized spacial score (nSPS) is 16.0. The number of likely N-dealkylation sites (tertiary alicyclic amines) is 1. The first kappa shape index (κ1) is 18.6. The van der Waals surface area contributed by atoms with E-state index in [0.717, 1.165) is 38.2 Å². The van der Waals surface area contributed by atoms with Crippen LogP contribution in [0.15, 0.2) is 24.3 Å². The van der Waals surface area contributed by atoms with Gasteiger partial charge in [0.1, 0.15) is 5.75 Å². The molecule has 1 fully saturated rings. The molecule has 1 heterocycles. The maximum absolute atomic E-state index is 12.2. The molecule has 1 N–H and O–H groups in total. The monoisotopic (exact) mass is 333 g/mol. The highest BCUT2D eigenvalue weighted by Gasteiger charge is 2.20. The van der Waals surface area contributed by atoms with Crippen LogP contribution in [0.2, 0.25) is 0 Å². The molecule has 0 atom stereocenters. The Morgan fingerprint density at radius 2 is 2.12 bits per heavy atom. The Hall–Kier alpha value is -1.75. The molecule has 5 nitrogen and oxygen atoms in total. The van der Waals surface area contributed by atoms with Crippen LogP contribution in [-0.4, -0.2) is 63.2 Å². The fourth-order valence-corrected chi connectivity index (χ4v) is 3.17. The van der Waals surface area contributed by atoms with Crippen molar-refractivity contribution in [3.05, 3.63) is 29.8 Å². The van der Waals surface area contributed by atoms with Gasteiger partial charge in [0.2, 0.25) is 0 Å². The number of methoxy groups -OCH3 is 1. The zero-order chi connectivity index (χ0) is 17.4. The summed E-state index contributed by atoms with van der Waals surface area (Å²) < 4.78 is 5.23. The molecule has 0 radical (unpaired) electrons. The molecule has 2 amide bonds. The van der Waals surface area contributed by atoms with Crippen LogP contribution in [0.25, 0.3) is 0 Å². The molecule has 1 aliphatic heterocycles. The maximum Gasteiger partial charge on any atom is 0.317 e. The molecule has 0 unspecified atom stereocenters. The lowest BCUT2D eigenvalue weighted by Gasteiger charge is -2.31. The van der Waals surface area contributed by atoms with Crippen LogP contribution in [0.5, 0.6) is 5.75 Å². The highest BCUT2D eigenvalue weighted by Crippen LogP contribution is 2.17. The summed E-state index contributed by atoms with van der Waals surface area (Å²) in [5, 5.41) is 3.02. The number of urea groups is 1. The van der Waals surface area contributed by atoms with E-state index in [1.807, 2.05) is 30.1 Å². The number of benzene rings is 1. The molecule has 1 aromatic rings. The number of rotatable bonds is 7. The number of nitrogens with one attached hydrogen (secondary N) is 1. The molecule has 5 heteroatoms. The number of aryl methyl sites for hydroxylation is 1. The van der Waals surface area contributed by atoms with Crippen molar-refractivity contribution in [3.8, 4) is 5.75 Å². The second-order valence-electron chi connectivity index (χ2n) is 6.81. The van der Waals surface area contributed by atoms with Gasteiger partial charge in [-0.25, -0.2) is 4.79 Å². The number of amides is 2. The predicted octanol–water partition coefficient (Wildman–Crippen LogP) is 2.61. The third-order valence-electron chi connectivity index (χ3n) is 4.77. The minimum Gasteiger partial charge on any atom is -0.497 e. The topological polar surface area (TPSA) is 44.8 Å². The van der Waals surface area contributed by atoms with Crippen molar-refractivity contribution in [2.45, 2.75) is 25.7 Å². The lowest BCUT2D eigenvalue weighted by molar-refractivity contribution is 0.170. The second-order valence-corrected chi connectivity index (χ2v) is 6.81. The van der Waals surface area contributed by atoms with E-state index >= 15 is 0 Å². The number of piperidine rings is 1. The highest BCUT2D eigenvalue weighted by atomic mass is 16.5. The summed E-state index contributed by atoms with van der Waals surface area (Å²) in [4.78, 5) is 16.4. The van der Waals surface area contributed by atoms with E-state index in [2.05, 4.69) is 23.3 Å². The fourth-order valence-electron chi connectivity index (χ4n) is 3.17. The van der Waals surface area contributed by atoms with E-state index in [1.54, 1.807) is 7.11 Å². The van der Waals surface area contributed by atoms with Crippen molar-refractivity contribution in [1.29, 1.82) is 0 Å². The molecule has 24 heavy (non-hydrogen) atoms. The van der Waals surface area contributed by atoms with Crippen LogP contribution in [-0.2, 0) is 6.42 Å². The summed E-state index contributed by atoms with van der Waals surface area (Å²) in [6, 6.07) is 8.13. The average molecular weight is 333 g/mol. The molecule has 0 saturated carbocycles. The van der Waals surface area contributed by atoms with Crippen LogP contribution in [0.1, 0.15) is 24.8 Å². The smallest absolute Gasteiger partial charge is 0.317 e. The van der Waals surface area contributed by atoms with E-state index in [-0.39, 0.29) is 6.03 Å². The van der Waals surface area contributed by atoms with Gasteiger partial charge < -0.3 is 19.9 Å². The Balaban J connectivity index is 1.63. The van der Waals surface area contributed by atoms with Gasteiger partial charge in [-0.1, -0.05) is 12.1 Å². The quantitative estimate of drug-likeness (QED) is 0.780. The van der Waals surface area contributed by atoms with Crippen molar-refractivity contribution >= 4 is 6.03 Å². The third kappa shape index (κ3) is 6.04. The number of hydrogen-bond donors (Lipinski definition) is 1. The van der Waals surface area contributed by atoms with E-state index < -0.39 is 0 Å². The SMILES string of the molecule is COc1cccc(CCCNC(=O)N(C)CC2CCN(C)CC2)c1. The number of carbonyl (C=O) groups is 1. The summed E-state index contributed by atoms with van der Waals surface area (Å²) >= 11 is 0. The molecule has 134 valence electrons. The largest absolute Gasteiger partial charge is 0.497 e. The first-order valence-electron chi connectivity index (χ1n) is 8.89. The molecule has 1 saturated heterocycles. The Morgan fingerprint density at radius 3 is 2.83 bits per heavy atom. The van der Waals surface area contributed by atoms with Gasteiger partial charge in [-0.2, -0.15) is 0 Å². The van der Waals surface area contributed by atoms with Crippen LogP contribution in [0.4, 0.5) is 4.79 Å². The molecule has 0 aromatic heterocycles. The van der Waals surface area contributed by atoms with E-state index in [0.29, 0.717) is 12.5 Å². The van der Waals surface area contributed by atoms with Gasteiger partial charge in [-0.05, 0) is 69.4 Å². The van der Waals surface area contributed by atoms with Gasteiger partial charge in [0.25, 0.3) is 0 Å². The third-order valence-corrected chi connectivity index (χ3v) is 4.77. The number of nitrogens with zero attached hydrogens (tertiary/aromatic N) is 2. The Labute approximate surface area is 146 Å². The fraction of sp³-hybridized carbons (Fsp3) is 0.632. The van der Waals surface area contributed by atoms with Gasteiger partial charge in [-0.15, -0.1) is 0 Å². The molecule has 1 aliphatic rings. The molecule has 0 spiro atoms. The van der Waals surface area contributed by atoms with Crippen molar-refractivity contribution in [2.75, 3.05) is 47.4 Å². The molecular formula is C19H31N3O2. The molecular weight excluding hydrogens is 302 g/mol. The molecule has 0 bridgehead atoms. The van der Waals surface area contributed by atoms with Gasteiger partial charge in [0.15, 0.2) is 0 Å². The molecule has 1 aromatic carbocycles. The van der Waals surface area contributed by atoms with Gasteiger partial charge in [0, 0.05) is 20.1 Å². The lowest BCUT2D eigenvalue weighted by Crippen LogP contribution is -2.42. The van der Waals surface area contributed by atoms with Gasteiger partial charge >= 0.3 is 6.03 Å². The summed E-state index contributed by atoms with van der Waals surface area (Å²) in [5.74, 6) is 1.52. The molecule has 0 aliphatic carbocycles. The highest BCUT2D eigenvalue weighted by molar-refractivity contribution is 5.73. The first-order valence-corrected chi connectivity index (χ1v) is 8.89. The minimum atomic E-state index is 0.0413. The Kier molecular flexibility index (Phi) is 7.37. The van der Waals surface area contributed by atoms with Crippen LogP contribution < -0.4 is 10.1 Å². The molecule has 2 rings (SSSR count). The number of carbonyl (C=O) groups excluding carboxylic acids is 1. The van der Waals surface area contributed by atoms with Gasteiger partial charge in [0.05, 0.1) is 7.11 Å². The predicted molar refractivity (Wildman–Crippen MR) is 97.6 cm³/mol. The zero-order valence-electron chi connectivity index (χ0n) is 15.3. The standard InChI is InChI=1S/C19H31N3O2/c1-21-12-9-17(10-13-21)15-22(2)19(23)20-11-5-7-16-6-4-8-18(14-16)24-3/h4,6,8,14,17H,5,7,9-13,15H2,1-3H3,(H,20,23). The Morgan fingerprint density at radius 1 is 1.38 bits per heavy atom. The summed E-state index contributed by atoms with van der Waals surface area (Å²) in [6.45, 7) is 3.84. The summed E-state index contributed by atoms with van der Waals surface area (Å²) in [6.07, 6.45) is 4.24. The van der Waals surface area contributed by atoms with Crippen molar-refractivity contribution in [2.24, 2.45) is 5.92 Å². The van der Waals surface area contributed by atoms with Crippen molar-refractivity contribution < 1.29 is 9.53 Å². The van der Waals surface area contributed by atoms with Crippen molar-refractivity contribution in [3.63, 3.8) is 0 Å². The van der Waals surface area contributed by atoms with Gasteiger partial charge in [-0.3, -0.25) is 0 Å². The van der Waals surface area contributed by atoms with E-state index in [4.69, 9.17) is 4.74 Å². The van der Waals surface area contributed by atoms with E-state index in [1.165, 1.54) is 18.4 Å². The van der Waals surface area contributed by atoms with Crippen LogP contribution >= 0.6 is 0 Å². The van der Waals surface area contributed by atoms with Crippen molar-refractivity contribution in [1.82, 2.24) is 15.1 Å². The number of ether oxygens (including phenoxy) is 1. The average Bonchev–Trinajstić information content (AvgIpc) is 2.60. The minimum absolute atomic E-state index is 0.0413. The first-order chi connectivity index (χ1) is 11.6. The summed E-state index contributed by atoms with van der Waals surface area (Å²) in [7, 11) is 5.74. The second kappa shape index (κ2) is 9.52. The Bertz CT molecular complexity index is 513. The zero-order valence-corrected chi connectivity index (χ0v) is 15.3. The van der Waals surface area contributed by atoms with Crippen LogP contribution in [0.3, 0.4) is 0 Å². The van der Waals surface area contributed by atoms with Crippen LogP contribution in [0, 0.1) is 5.92 Å².